The third kappa shape index (κ3) is 29.7. The van der Waals surface area contributed by atoms with Crippen molar-refractivity contribution in [1.82, 2.24) is 77.3 Å². The molecule has 3 fully saturated rings. The number of para-hydroxylation sites is 1. The number of carbonyl (C=O) groups excluding carboxylic acids is 15. The highest BCUT2D eigenvalue weighted by atomic mass is 32.2. The van der Waals surface area contributed by atoms with Gasteiger partial charge in [-0.15, -0.1) is 11.8 Å². The van der Waals surface area contributed by atoms with Gasteiger partial charge in [-0.3, -0.25) is 81.5 Å². The molecule has 0 saturated carbocycles. The van der Waals surface area contributed by atoms with Gasteiger partial charge in [0, 0.05) is 95.6 Å². The van der Waals surface area contributed by atoms with E-state index in [1.165, 1.54) is 64.2 Å². The number of hydrogen-bond acceptors (Lipinski definition) is 21. The van der Waals surface area contributed by atoms with E-state index in [1.807, 2.05) is 0 Å². The smallest absolute Gasteiger partial charge is 0.305 e. The molecule has 135 heavy (non-hydrogen) atoms. The first-order chi connectivity index (χ1) is 64.4. The van der Waals surface area contributed by atoms with Gasteiger partial charge in [0.2, 0.25) is 88.6 Å². The standard InChI is InChI=1S/C93H118F3N17O21S/c1-7-8-27-71-92(132)112-36-18-17-28-70(112)86(126)106-67(46-78(119)120)85(125)108-80(52(2)3)93(133)110(5)72(43-53-20-11-9-12-21-53)87(127)103-64(33-34-77(117)118)90(130)113-37-38-134-49-74(113)88(128)105-66(45-57-47-99-62-25-16-15-24-59(57)62)84(124)104-65(41-55-29-31-58(114)32-30-55)83(123)102-63(26-19-35-97)82(122)107-69(81(121)100-48-75(98)115)50-135-51-76(116)101-68(42-56-39-60(94)79(96)61(95)40-56)89(129)111(6)73(91(131)109(71)4)44-54-22-13-10-14-23-54/h9-16,20-25,29-32,39-40,47,52,63-74,80,99,114H,7-8,17-19,26-28,33-38,41-46,48-51,97H2,1-6H3,(H2,98,115)(H,100,121)(H,101,116)(H,102,123)(H,103,127)(H,104,124)(H,105,128)(H,106,126)(H,107,122)(H,108,125)(H,117,118)(H,119,120)/t63-,64-,65-,66-,67-,68-,69-,70+,71-,72-,73-,74+,80-/m0/s1. The molecule has 42 heteroatoms. The first-order valence-corrected chi connectivity index (χ1v) is 45.7. The van der Waals surface area contributed by atoms with Crippen molar-refractivity contribution in [3.63, 3.8) is 0 Å². The Morgan fingerprint density at radius 2 is 1.09 bits per heavy atom. The van der Waals surface area contributed by atoms with Gasteiger partial charge in [0.1, 0.15) is 84.3 Å². The number of aromatic hydroxyl groups is 1. The number of unbranched alkanes of at least 4 members (excludes halogenated alkanes) is 1. The number of H-pyrrole nitrogens is 1. The molecule has 9 rings (SSSR count). The number of nitrogens with one attached hydrogen (secondary N) is 10. The minimum atomic E-state index is -1.98. The molecular formula is C93H118F3N17O21S. The lowest BCUT2D eigenvalue weighted by atomic mass is 9.96. The number of nitrogens with zero attached hydrogens (tertiary/aromatic N) is 5. The fourth-order valence-corrected chi connectivity index (χ4v) is 17.2. The fourth-order valence-electron chi connectivity index (χ4n) is 16.3. The number of phenols is 1. The van der Waals surface area contributed by atoms with Gasteiger partial charge in [0.15, 0.2) is 17.5 Å². The molecule has 17 N–H and O–H groups in total. The van der Waals surface area contributed by atoms with Gasteiger partial charge in [-0.2, -0.15) is 0 Å². The van der Waals surface area contributed by atoms with Crippen molar-refractivity contribution in [3.05, 3.63) is 173 Å². The maximum absolute atomic E-state index is 15.7. The number of fused-ring (bicyclic) bond motifs is 3. The fraction of sp³-hybridized carbons (Fsp3) is 0.473. The summed E-state index contributed by atoms with van der Waals surface area (Å²) in [5.41, 5.74) is 13.3. The van der Waals surface area contributed by atoms with E-state index >= 15 is 56.7 Å². The number of phenolic OH excluding ortho intramolecular Hbond substituents is 1. The Kier molecular flexibility index (Phi) is 39.4. The number of primary amides is 1. The second-order valence-electron chi connectivity index (χ2n) is 34.0. The Bertz CT molecular complexity index is 5210. The summed E-state index contributed by atoms with van der Waals surface area (Å²) >= 11 is 0.647. The topological polar surface area (TPSA) is 552 Å². The molecule has 6 aromatic rings. The molecule has 0 aliphatic carbocycles. The molecule has 0 radical (unpaired) electrons. The summed E-state index contributed by atoms with van der Waals surface area (Å²) in [5, 5.41) is 54.8. The van der Waals surface area contributed by atoms with Crippen molar-refractivity contribution in [2.45, 2.75) is 202 Å². The van der Waals surface area contributed by atoms with Crippen molar-refractivity contribution < 1.29 is 115 Å². The predicted molar refractivity (Wildman–Crippen MR) is 486 cm³/mol. The number of piperidine rings is 1. The molecule has 5 aromatic carbocycles. The van der Waals surface area contributed by atoms with Crippen LogP contribution in [0, 0.1) is 23.4 Å². The number of thioether (sulfide) groups is 1. The normalized spacial score (nSPS) is 23.5. The summed E-state index contributed by atoms with van der Waals surface area (Å²) in [6, 6.07) is 7.91. The van der Waals surface area contributed by atoms with E-state index in [0.717, 1.165) is 19.6 Å². The van der Waals surface area contributed by atoms with Crippen LogP contribution in [-0.2, 0) is 118 Å². The Labute approximate surface area is 781 Å². The number of aromatic nitrogens is 1. The summed E-state index contributed by atoms with van der Waals surface area (Å²) in [7, 11) is 3.68. The number of aromatic amines is 1. The van der Waals surface area contributed by atoms with Crippen LogP contribution in [0.4, 0.5) is 13.2 Å². The monoisotopic (exact) mass is 1900 g/mol. The first-order valence-electron chi connectivity index (χ1n) is 44.6. The largest absolute Gasteiger partial charge is 0.508 e. The molecule has 3 saturated heterocycles. The van der Waals surface area contributed by atoms with E-state index in [1.54, 1.807) is 98.0 Å². The summed E-state index contributed by atoms with van der Waals surface area (Å²) in [4.78, 5) is 259. The highest BCUT2D eigenvalue weighted by Gasteiger charge is 2.46. The summed E-state index contributed by atoms with van der Waals surface area (Å²) < 4.78 is 50.9. The number of nitrogens with two attached hydrogens (primary N) is 2. The van der Waals surface area contributed by atoms with Crippen LogP contribution in [0.5, 0.6) is 5.75 Å². The lowest BCUT2D eigenvalue weighted by Gasteiger charge is -2.41. The molecule has 15 amide bonds. The van der Waals surface area contributed by atoms with E-state index in [-0.39, 0.29) is 88.9 Å². The van der Waals surface area contributed by atoms with Crippen LogP contribution in [0.1, 0.15) is 119 Å². The van der Waals surface area contributed by atoms with Gasteiger partial charge in [0.25, 0.3) is 0 Å². The molecule has 728 valence electrons. The summed E-state index contributed by atoms with van der Waals surface area (Å²) in [6.45, 7) is 2.67. The number of ether oxygens (including phenoxy) is 1. The average molecular weight is 1900 g/mol. The van der Waals surface area contributed by atoms with E-state index in [2.05, 4.69) is 52.8 Å². The molecular weight excluding hydrogens is 1780 g/mol. The number of likely N-dealkylation sites (N-methyl/N-ethyl adjacent to an activating group) is 3. The molecule has 3 aliphatic rings. The zero-order chi connectivity index (χ0) is 98.4. The molecule has 3 aliphatic heterocycles. The maximum atomic E-state index is 15.7. The molecule has 13 atom stereocenters. The number of aliphatic carboxylic acids is 2. The second kappa shape index (κ2) is 50.5. The van der Waals surface area contributed by atoms with E-state index in [4.69, 9.17) is 16.2 Å². The highest BCUT2D eigenvalue weighted by molar-refractivity contribution is 8.00. The van der Waals surface area contributed by atoms with Crippen LogP contribution in [0.2, 0.25) is 0 Å². The van der Waals surface area contributed by atoms with Crippen LogP contribution in [0.3, 0.4) is 0 Å². The van der Waals surface area contributed by atoms with Gasteiger partial charge in [-0.1, -0.05) is 125 Å². The van der Waals surface area contributed by atoms with Crippen molar-refractivity contribution in [1.29, 1.82) is 0 Å². The average Bonchev–Trinajstić information content (AvgIpc) is 1.16. The summed E-state index contributed by atoms with van der Waals surface area (Å²) in [6.07, 6.45) is -2.11. The number of amides is 15. The van der Waals surface area contributed by atoms with Gasteiger partial charge < -0.3 is 109 Å². The number of rotatable bonds is 25. The lowest BCUT2D eigenvalue weighted by Crippen LogP contribution is -2.64. The van der Waals surface area contributed by atoms with Crippen LogP contribution in [0.15, 0.2) is 128 Å². The SMILES string of the molecule is CCCC[C@H]1C(=O)N2CCCC[C@@H]2C(=O)N[C@@H](CC(=O)O)C(=O)N[C@@H](C(C)C)C(=O)N(C)[C@@H](Cc2ccccc2)C(=O)N[C@@H](CCC(=O)O)C(=O)N2CCOC[C@@H]2C(=O)N[C@@H](Cc2c[nH]c3ccccc23)C(=O)N[C@@H](Cc2ccc(O)cc2)C(=O)N[C@@H](CCCN)C(=O)N[C@H](C(=O)NCC(N)=O)CSCC(=O)N[C@@H](Cc2cc(F)c(F)c(F)c2)C(=O)N(C)[C@@H](Cc2ccccc2)C(=O)N1C. The van der Waals surface area contributed by atoms with E-state index in [0.29, 0.717) is 76.3 Å². The Morgan fingerprint density at radius 1 is 0.533 bits per heavy atom. The number of morpholine rings is 1. The Morgan fingerprint density at radius 3 is 1.72 bits per heavy atom. The molecule has 0 unspecified atom stereocenters. The third-order valence-corrected chi connectivity index (χ3v) is 24.8. The van der Waals surface area contributed by atoms with E-state index in [9.17, 15) is 53.3 Å². The van der Waals surface area contributed by atoms with Gasteiger partial charge >= 0.3 is 11.9 Å². The van der Waals surface area contributed by atoms with E-state index < -0.39 is 259 Å². The van der Waals surface area contributed by atoms with Crippen LogP contribution >= 0.6 is 11.8 Å². The van der Waals surface area contributed by atoms with Crippen molar-refractivity contribution in [2.75, 3.05) is 72.0 Å². The minimum Gasteiger partial charge on any atom is -0.508 e. The molecule has 38 nitrogen and oxygen atoms in total. The Hall–Kier alpha value is -13.5. The second-order valence-corrected chi connectivity index (χ2v) is 35.0. The number of benzene rings is 5. The number of carboxylic acids is 2. The van der Waals surface area contributed by atoms with Crippen LogP contribution in [0.25, 0.3) is 10.9 Å². The quantitative estimate of drug-likeness (QED) is 0.0356. The zero-order valence-corrected chi connectivity index (χ0v) is 76.6. The maximum Gasteiger partial charge on any atom is 0.305 e. The van der Waals surface area contributed by atoms with Gasteiger partial charge in [-0.25, -0.2) is 13.2 Å². The Balaban J connectivity index is 1.14. The zero-order valence-electron chi connectivity index (χ0n) is 75.8. The first kappa shape index (κ1) is 105. The minimum absolute atomic E-state index is 0.00838. The molecule has 0 bridgehead atoms. The lowest BCUT2D eigenvalue weighted by molar-refractivity contribution is -0.154. The van der Waals surface area contributed by atoms with Crippen LogP contribution in [-0.4, -0.2) is 296 Å². The summed E-state index contributed by atoms with van der Waals surface area (Å²) in [5.74, 6) is -26.0. The highest BCUT2D eigenvalue weighted by Crippen LogP contribution is 2.28. The predicted octanol–water partition coefficient (Wildman–Crippen LogP) is 1.04. The third-order valence-electron chi connectivity index (χ3n) is 23.8. The van der Waals surface area contributed by atoms with Crippen LogP contribution < -0.4 is 59.3 Å². The molecule has 4 heterocycles. The van der Waals surface area contributed by atoms with Crippen molar-refractivity contribution >= 4 is 123 Å². The molecule has 1 aromatic heterocycles. The van der Waals surface area contributed by atoms with Gasteiger partial charge in [-0.05, 0) is 116 Å². The van der Waals surface area contributed by atoms with Crippen molar-refractivity contribution in [3.8, 4) is 5.75 Å². The molecule has 0 spiro atoms. The van der Waals surface area contributed by atoms with Crippen molar-refractivity contribution in [2.24, 2.45) is 17.4 Å². The number of halogens is 3. The number of hydrogen-bond donors (Lipinski definition) is 15. The number of carboxylic acid groups (broad SMARTS) is 2. The number of carbonyl (C=O) groups is 17. The van der Waals surface area contributed by atoms with Gasteiger partial charge in [0.05, 0.1) is 31.9 Å².